The lowest BCUT2D eigenvalue weighted by molar-refractivity contribution is -0.130. The molecule has 1 aromatic rings. The van der Waals surface area contributed by atoms with Crippen molar-refractivity contribution in [1.82, 2.24) is 14.7 Å². The van der Waals surface area contributed by atoms with Gasteiger partial charge in [-0.15, -0.1) is 0 Å². The first kappa shape index (κ1) is 13.2. The maximum absolute atomic E-state index is 11.7. The van der Waals surface area contributed by atoms with Gasteiger partial charge in [0.15, 0.2) is 5.69 Å². The van der Waals surface area contributed by atoms with E-state index in [1.807, 2.05) is 0 Å². The van der Waals surface area contributed by atoms with E-state index in [2.05, 4.69) is 12.0 Å². The normalized spacial score (nSPS) is 10.2. The Labute approximate surface area is 99.8 Å². The van der Waals surface area contributed by atoms with Crippen molar-refractivity contribution in [2.45, 2.75) is 26.3 Å². The first-order valence-corrected chi connectivity index (χ1v) is 5.55. The Balaban J connectivity index is 2.52. The van der Waals surface area contributed by atoms with Crippen LogP contribution in [0.1, 0.15) is 30.3 Å². The number of amides is 1. The summed E-state index contributed by atoms with van der Waals surface area (Å²) in [5.41, 5.74) is -0.0472. The van der Waals surface area contributed by atoms with Gasteiger partial charge in [0.2, 0.25) is 5.91 Å². The molecule has 0 fully saturated rings. The largest absolute Gasteiger partial charge is 0.476 e. The zero-order valence-corrected chi connectivity index (χ0v) is 10.1. The minimum absolute atomic E-state index is 0.0472. The molecule has 0 aliphatic heterocycles. The molecule has 0 aromatic carbocycles. The standard InChI is InChI=1S/C11H17N3O3/c1-3-4-6-13(2)10(15)8-14-7-5-9(12-14)11(16)17/h5,7H,3-4,6,8H2,1-2H3,(H,16,17). The number of rotatable bonds is 6. The van der Waals surface area contributed by atoms with Crippen molar-refractivity contribution in [3.05, 3.63) is 18.0 Å². The number of carboxylic acids is 1. The number of carbonyl (C=O) groups is 2. The van der Waals surface area contributed by atoms with Gasteiger partial charge in [0, 0.05) is 19.8 Å². The van der Waals surface area contributed by atoms with E-state index in [9.17, 15) is 9.59 Å². The molecule has 6 nitrogen and oxygen atoms in total. The zero-order valence-electron chi connectivity index (χ0n) is 10.1. The fourth-order valence-corrected chi connectivity index (χ4v) is 1.34. The average molecular weight is 239 g/mol. The number of likely N-dealkylation sites (N-methyl/N-ethyl adjacent to an activating group) is 1. The molecule has 1 amide bonds. The van der Waals surface area contributed by atoms with Crippen LogP contribution in [-0.4, -0.2) is 45.3 Å². The van der Waals surface area contributed by atoms with Crippen molar-refractivity contribution in [1.29, 1.82) is 0 Å². The van der Waals surface area contributed by atoms with Crippen LogP contribution in [0.3, 0.4) is 0 Å². The molecule has 0 saturated carbocycles. The van der Waals surface area contributed by atoms with E-state index in [4.69, 9.17) is 5.11 Å². The third-order valence-electron chi connectivity index (χ3n) is 2.43. The molecule has 0 bridgehead atoms. The highest BCUT2D eigenvalue weighted by Crippen LogP contribution is 1.98. The Hall–Kier alpha value is -1.85. The van der Waals surface area contributed by atoms with Crippen LogP contribution in [0.25, 0.3) is 0 Å². The molecule has 17 heavy (non-hydrogen) atoms. The quantitative estimate of drug-likeness (QED) is 0.798. The van der Waals surface area contributed by atoms with Gasteiger partial charge >= 0.3 is 5.97 Å². The number of hydrogen-bond donors (Lipinski definition) is 1. The van der Waals surface area contributed by atoms with E-state index in [0.717, 1.165) is 12.8 Å². The molecule has 1 rings (SSSR count). The summed E-state index contributed by atoms with van der Waals surface area (Å²) in [5.74, 6) is -1.16. The van der Waals surface area contributed by atoms with E-state index in [0.29, 0.717) is 6.54 Å². The van der Waals surface area contributed by atoms with E-state index in [-0.39, 0.29) is 18.1 Å². The van der Waals surface area contributed by atoms with Crippen LogP contribution in [-0.2, 0) is 11.3 Å². The van der Waals surface area contributed by atoms with Crippen LogP contribution in [0.2, 0.25) is 0 Å². The van der Waals surface area contributed by atoms with Gasteiger partial charge in [-0.1, -0.05) is 13.3 Å². The number of unbranched alkanes of at least 4 members (excludes halogenated alkanes) is 1. The predicted molar refractivity (Wildman–Crippen MR) is 61.7 cm³/mol. The number of aromatic carboxylic acids is 1. The lowest BCUT2D eigenvalue weighted by Gasteiger charge is -2.16. The smallest absolute Gasteiger partial charge is 0.356 e. The van der Waals surface area contributed by atoms with Gasteiger partial charge < -0.3 is 10.0 Å². The molecule has 0 spiro atoms. The van der Waals surface area contributed by atoms with Crippen molar-refractivity contribution < 1.29 is 14.7 Å². The molecule has 1 heterocycles. The van der Waals surface area contributed by atoms with Crippen LogP contribution in [0.15, 0.2) is 12.3 Å². The molecule has 0 radical (unpaired) electrons. The van der Waals surface area contributed by atoms with Gasteiger partial charge in [-0.2, -0.15) is 5.10 Å². The lowest BCUT2D eigenvalue weighted by Crippen LogP contribution is -2.31. The van der Waals surface area contributed by atoms with E-state index in [1.54, 1.807) is 11.9 Å². The maximum atomic E-state index is 11.7. The first-order valence-electron chi connectivity index (χ1n) is 5.55. The van der Waals surface area contributed by atoms with E-state index < -0.39 is 5.97 Å². The summed E-state index contributed by atoms with van der Waals surface area (Å²) >= 11 is 0. The van der Waals surface area contributed by atoms with Gasteiger partial charge in [-0.05, 0) is 12.5 Å². The topological polar surface area (TPSA) is 75.4 Å². The highest BCUT2D eigenvalue weighted by Gasteiger charge is 2.11. The third-order valence-corrected chi connectivity index (χ3v) is 2.43. The molecule has 1 aromatic heterocycles. The Morgan fingerprint density at radius 2 is 2.24 bits per heavy atom. The molecule has 1 N–H and O–H groups in total. The predicted octanol–water partition coefficient (Wildman–Crippen LogP) is 0.840. The molecule has 6 heteroatoms. The fraction of sp³-hybridized carbons (Fsp3) is 0.545. The highest BCUT2D eigenvalue weighted by molar-refractivity contribution is 5.85. The number of nitrogens with zero attached hydrogens (tertiary/aromatic N) is 3. The number of hydrogen-bond acceptors (Lipinski definition) is 3. The summed E-state index contributed by atoms with van der Waals surface area (Å²) in [6, 6.07) is 1.38. The van der Waals surface area contributed by atoms with Crippen LogP contribution in [0.5, 0.6) is 0 Å². The second kappa shape index (κ2) is 6.03. The summed E-state index contributed by atoms with van der Waals surface area (Å²) in [5, 5.41) is 12.5. The molecule has 0 aliphatic rings. The van der Waals surface area contributed by atoms with Crippen LogP contribution < -0.4 is 0 Å². The van der Waals surface area contributed by atoms with Crippen molar-refractivity contribution in [2.24, 2.45) is 0 Å². The van der Waals surface area contributed by atoms with Crippen LogP contribution in [0, 0.1) is 0 Å². The number of carboxylic acid groups (broad SMARTS) is 1. The summed E-state index contributed by atoms with van der Waals surface area (Å²) in [6.07, 6.45) is 3.49. The molecular weight excluding hydrogens is 222 g/mol. The molecule has 0 aliphatic carbocycles. The minimum atomic E-state index is -1.09. The van der Waals surface area contributed by atoms with Gasteiger partial charge in [0.25, 0.3) is 0 Å². The fourth-order valence-electron chi connectivity index (χ4n) is 1.34. The lowest BCUT2D eigenvalue weighted by atomic mass is 10.3. The monoisotopic (exact) mass is 239 g/mol. The van der Waals surface area contributed by atoms with Crippen molar-refractivity contribution >= 4 is 11.9 Å². The highest BCUT2D eigenvalue weighted by atomic mass is 16.4. The maximum Gasteiger partial charge on any atom is 0.356 e. The van der Waals surface area contributed by atoms with Crippen molar-refractivity contribution in [3.63, 3.8) is 0 Å². The van der Waals surface area contributed by atoms with Crippen molar-refractivity contribution in [2.75, 3.05) is 13.6 Å². The molecular formula is C11H17N3O3. The molecule has 0 unspecified atom stereocenters. The van der Waals surface area contributed by atoms with Crippen LogP contribution >= 0.6 is 0 Å². The number of aromatic nitrogens is 2. The molecule has 0 saturated heterocycles. The summed E-state index contributed by atoms with van der Waals surface area (Å²) in [4.78, 5) is 23.9. The second-order valence-corrected chi connectivity index (χ2v) is 3.87. The Morgan fingerprint density at radius 1 is 1.53 bits per heavy atom. The Morgan fingerprint density at radius 3 is 2.76 bits per heavy atom. The van der Waals surface area contributed by atoms with E-state index >= 15 is 0 Å². The third kappa shape index (κ3) is 3.90. The summed E-state index contributed by atoms with van der Waals surface area (Å²) in [6.45, 7) is 2.85. The average Bonchev–Trinajstić information content (AvgIpc) is 2.74. The van der Waals surface area contributed by atoms with E-state index in [1.165, 1.54) is 16.9 Å². The summed E-state index contributed by atoms with van der Waals surface area (Å²) in [7, 11) is 1.74. The van der Waals surface area contributed by atoms with Gasteiger partial charge in [0.05, 0.1) is 0 Å². The SMILES string of the molecule is CCCCN(C)C(=O)Cn1ccc(C(=O)O)n1. The second-order valence-electron chi connectivity index (χ2n) is 3.87. The molecule has 94 valence electrons. The van der Waals surface area contributed by atoms with Gasteiger partial charge in [0.1, 0.15) is 6.54 Å². The zero-order chi connectivity index (χ0) is 12.8. The Bertz CT molecular complexity index is 400. The minimum Gasteiger partial charge on any atom is -0.476 e. The Kier molecular flexibility index (Phi) is 4.68. The molecule has 0 atom stereocenters. The summed E-state index contributed by atoms with van der Waals surface area (Å²) < 4.78 is 1.34. The number of carbonyl (C=O) groups excluding carboxylic acids is 1. The van der Waals surface area contributed by atoms with Crippen molar-refractivity contribution in [3.8, 4) is 0 Å². The van der Waals surface area contributed by atoms with Gasteiger partial charge in [-0.3, -0.25) is 9.48 Å². The van der Waals surface area contributed by atoms with Gasteiger partial charge in [-0.25, -0.2) is 4.79 Å². The van der Waals surface area contributed by atoms with Crippen LogP contribution in [0.4, 0.5) is 0 Å². The first-order chi connectivity index (χ1) is 8.04.